The van der Waals surface area contributed by atoms with E-state index in [2.05, 4.69) is 5.32 Å². The molecule has 7 nitrogen and oxygen atoms in total. The molecule has 2 fully saturated rings. The van der Waals surface area contributed by atoms with Crippen LogP contribution in [0.2, 0.25) is 0 Å². The van der Waals surface area contributed by atoms with Gasteiger partial charge in [-0.25, -0.2) is 4.79 Å². The SMILES string of the molecule is CC(C)(C)OC(=O)NC[C@H]1O[C@H](C=O)[C@@H]2OC(C)(C)O[C@@H]21. The molecular weight excluding hydrogens is 278 g/mol. The summed E-state index contributed by atoms with van der Waals surface area (Å²) in [6.07, 6.45) is -1.78. The van der Waals surface area contributed by atoms with Crippen LogP contribution in [0.25, 0.3) is 0 Å². The number of carbonyl (C=O) groups is 2. The van der Waals surface area contributed by atoms with Crippen molar-refractivity contribution < 1.29 is 28.5 Å². The maximum absolute atomic E-state index is 11.7. The lowest BCUT2D eigenvalue weighted by molar-refractivity contribution is -0.185. The zero-order chi connectivity index (χ0) is 15.8. The Labute approximate surface area is 124 Å². The zero-order valence-corrected chi connectivity index (χ0v) is 13.0. The Morgan fingerprint density at radius 2 is 1.90 bits per heavy atom. The van der Waals surface area contributed by atoms with Crippen LogP contribution in [-0.4, -0.2) is 54.7 Å². The molecule has 0 aromatic carbocycles. The third kappa shape index (κ3) is 3.93. The van der Waals surface area contributed by atoms with Crippen LogP contribution >= 0.6 is 0 Å². The number of hydrogen-bond donors (Lipinski definition) is 1. The second-order valence-corrected chi connectivity index (χ2v) is 6.72. The van der Waals surface area contributed by atoms with Crippen LogP contribution in [-0.2, 0) is 23.7 Å². The van der Waals surface area contributed by atoms with E-state index in [-0.39, 0.29) is 12.6 Å². The molecule has 2 aliphatic rings. The number of amides is 1. The Hall–Kier alpha value is -1.18. The highest BCUT2D eigenvalue weighted by atomic mass is 16.8. The minimum Gasteiger partial charge on any atom is -0.444 e. The second-order valence-electron chi connectivity index (χ2n) is 6.72. The van der Waals surface area contributed by atoms with Crippen molar-refractivity contribution in [3.8, 4) is 0 Å². The molecular formula is C14H23NO6. The van der Waals surface area contributed by atoms with Gasteiger partial charge in [0.05, 0.1) is 0 Å². The number of carbonyl (C=O) groups excluding carboxylic acids is 2. The maximum Gasteiger partial charge on any atom is 0.407 e. The molecule has 21 heavy (non-hydrogen) atoms. The number of ether oxygens (including phenoxy) is 4. The quantitative estimate of drug-likeness (QED) is 0.783. The Morgan fingerprint density at radius 3 is 2.48 bits per heavy atom. The molecule has 2 saturated heterocycles. The van der Waals surface area contributed by atoms with Crippen molar-refractivity contribution in [2.24, 2.45) is 0 Å². The summed E-state index contributed by atoms with van der Waals surface area (Å²) in [5.74, 6) is -0.759. The maximum atomic E-state index is 11.7. The van der Waals surface area contributed by atoms with Crippen molar-refractivity contribution in [3.05, 3.63) is 0 Å². The second kappa shape index (κ2) is 5.55. The van der Waals surface area contributed by atoms with Gasteiger partial charge in [-0.05, 0) is 34.6 Å². The average Bonchev–Trinajstić information content (AvgIpc) is 2.77. The van der Waals surface area contributed by atoms with Crippen LogP contribution in [0, 0.1) is 0 Å². The molecule has 1 N–H and O–H groups in total. The molecule has 4 atom stereocenters. The molecule has 2 aliphatic heterocycles. The minimum atomic E-state index is -0.759. The number of rotatable bonds is 3. The molecule has 0 aromatic rings. The number of hydrogen-bond acceptors (Lipinski definition) is 6. The molecule has 7 heteroatoms. The summed E-state index contributed by atoms with van der Waals surface area (Å²) in [4.78, 5) is 22.7. The van der Waals surface area contributed by atoms with Crippen molar-refractivity contribution in [2.75, 3.05) is 6.54 Å². The van der Waals surface area contributed by atoms with Gasteiger partial charge in [-0.1, -0.05) is 0 Å². The molecule has 0 spiro atoms. The van der Waals surface area contributed by atoms with E-state index in [1.54, 1.807) is 34.6 Å². The number of nitrogens with one attached hydrogen (secondary N) is 1. The zero-order valence-electron chi connectivity index (χ0n) is 13.0. The molecule has 0 unspecified atom stereocenters. The first-order valence-electron chi connectivity index (χ1n) is 7.04. The number of fused-ring (bicyclic) bond motifs is 1. The standard InChI is InChI=1S/C14H23NO6/c1-13(2,3)21-12(17)15-6-8-10-11(9(7-16)18-8)20-14(4,5)19-10/h7-11H,6H2,1-5H3,(H,15,17)/t8-,9-,10-,11+/m1/s1. The normalized spacial score (nSPS) is 34.3. The molecule has 2 rings (SSSR count). The number of aldehydes is 1. The van der Waals surface area contributed by atoms with Crippen LogP contribution in [0.1, 0.15) is 34.6 Å². The summed E-state index contributed by atoms with van der Waals surface area (Å²) in [7, 11) is 0. The first kappa shape index (κ1) is 16.2. The van der Waals surface area contributed by atoms with Crippen molar-refractivity contribution in [2.45, 2.75) is 70.4 Å². The van der Waals surface area contributed by atoms with Crippen molar-refractivity contribution in [3.63, 3.8) is 0 Å². The lowest BCUT2D eigenvalue weighted by atomic mass is 10.1. The molecule has 2 heterocycles. The van der Waals surface area contributed by atoms with Gasteiger partial charge in [-0.2, -0.15) is 0 Å². The molecule has 0 saturated carbocycles. The fraction of sp³-hybridized carbons (Fsp3) is 0.857. The van der Waals surface area contributed by atoms with Gasteiger partial charge in [0.25, 0.3) is 0 Å². The van der Waals surface area contributed by atoms with E-state index < -0.39 is 35.8 Å². The minimum absolute atomic E-state index is 0.194. The molecule has 120 valence electrons. The van der Waals surface area contributed by atoms with Crippen molar-refractivity contribution >= 4 is 12.4 Å². The summed E-state index contributed by atoms with van der Waals surface area (Å²) >= 11 is 0. The summed E-state index contributed by atoms with van der Waals surface area (Å²) < 4.78 is 22.1. The Morgan fingerprint density at radius 1 is 1.29 bits per heavy atom. The van der Waals surface area contributed by atoms with Crippen LogP contribution in [0.3, 0.4) is 0 Å². The van der Waals surface area contributed by atoms with Gasteiger partial charge in [-0.3, -0.25) is 0 Å². The highest BCUT2D eigenvalue weighted by molar-refractivity contribution is 5.67. The third-order valence-electron chi connectivity index (χ3n) is 3.17. The van der Waals surface area contributed by atoms with Crippen molar-refractivity contribution in [1.82, 2.24) is 5.32 Å². The van der Waals surface area contributed by atoms with Gasteiger partial charge in [0, 0.05) is 6.54 Å². The van der Waals surface area contributed by atoms with Gasteiger partial charge in [-0.15, -0.1) is 0 Å². The lowest BCUT2D eigenvalue weighted by Crippen LogP contribution is -2.41. The fourth-order valence-corrected chi connectivity index (χ4v) is 2.49. The first-order valence-corrected chi connectivity index (χ1v) is 7.04. The lowest BCUT2D eigenvalue weighted by Gasteiger charge is -2.24. The summed E-state index contributed by atoms with van der Waals surface area (Å²) in [5.41, 5.74) is -0.566. The topological polar surface area (TPSA) is 83.1 Å². The van der Waals surface area contributed by atoms with E-state index in [9.17, 15) is 9.59 Å². The van der Waals surface area contributed by atoms with Gasteiger partial charge in [0.2, 0.25) is 0 Å². The van der Waals surface area contributed by atoms with Gasteiger partial charge in [0.1, 0.15) is 30.0 Å². The summed E-state index contributed by atoms with van der Waals surface area (Å²) in [6, 6.07) is 0. The van der Waals surface area contributed by atoms with Crippen molar-refractivity contribution in [1.29, 1.82) is 0 Å². The highest BCUT2D eigenvalue weighted by Gasteiger charge is 2.55. The predicted octanol–water partition coefficient (Wildman–Crippen LogP) is 0.997. The van der Waals surface area contributed by atoms with Crippen LogP contribution in [0.15, 0.2) is 0 Å². The highest BCUT2D eigenvalue weighted by Crippen LogP contribution is 2.37. The van der Waals surface area contributed by atoms with Gasteiger partial charge < -0.3 is 29.1 Å². The van der Waals surface area contributed by atoms with Gasteiger partial charge >= 0.3 is 6.09 Å². The predicted molar refractivity (Wildman–Crippen MR) is 72.8 cm³/mol. The molecule has 0 aliphatic carbocycles. The van der Waals surface area contributed by atoms with E-state index in [4.69, 9.17) is 18.9 Å². The van der Waals surface area contributed by atoms with E-state index in [0.717, 1.165) is 0 Å². The smallest absolute Gasteiger partial charge is 0.407 e. The average molecular weight is 301 g/mol. The first-order chi connectivity index (χ1) is 9.61. The van der Waals surface area contributed by atoms with E-state index >= 15 is 0 Å². The Balaban J connectivity index is 1.92. The number of alkyl carbamates (subject to hydrolysis) is 1. The van der Waals surface area contributed by atoms with Crippen LogP contribution in [0.4, 0.5) is 4.79 Å². The third-order valence-corrected chi connectivity index (χ3v) is 3.17. The summed E-state index contributed by atoms with van der Waals surface area (Å²) in [5, 5.41) is 2.63. The monoisotopic (exact) mass is 301 g/mol. The largest absolute Gasteiger partial charge is 0.444 e. The Kier molecular flexibility index (Phi) is 4.28. The summed E-state index contributed by atoms with van der Waals surface area (Å²) in [6.45, 7) is 9.12. The molecule has 0 aromatic heterocycles. The molecule has 1 amide bonds. The van der Waals surface area contributed by atoms with E-state index in [1.807, 2.05) is 0 Å². The molecule has 0 bridgehead atoms. The van der Waals surface area contributed by atoms with Crippen LogP contribution < -0.4 is 5.32 Å². The van der Waals surface area contributed by atoms with E-state index in [1.165, 1.54) is 0 Å². The van der Waals surface area contributed by atoms with Crippen LogP contribution in [0.5, 0.6) is 0 Å². The fourth-order valence-electron chi connectivity index (χ4n) is 2.49. The van der Waals surface area contributed by atoms with Gasteiger partial charge in [0.15, 0.2) is 12.1 Å². The Bertz CT molecular complexity index is 416. The molecule has 0 radical (unpaired) electrons. The van der Waals surface area contributed by atoms with E-state index in [0.29, 0.717) is 6.29 Å².